The van der Waals surface area contributed by atoms with Gasteiger partial charge in [-0.25, -0.2) is 8.78 Å². The molecule has 19 heavy (non-hydrogen) atoms. The molecule has 0 spiro atoms. The average molecular weight is 263 g/mol. The maximum atomic E-state index is 13.1. The Hall–Kier alpha value is -1.94. The van der Waals surface area contributed by atoms with Crippen LogP contribution in [0, 0.1) is 11.6 Å². The molecule has 2 nitrogen and oxygen atoms in total. The van der Waals surface area contributed by atoms with Crippen molar-refractivity contribution in [2.45, 2.75) is 13.0 Å². The van der Waals surface area contributed by atoms with Gasteiger partial charge in [-0.3, -0.25) is 0 Å². The lowest BCUT2D eigenvalue weighted by atomic mass is 10.1. The molecule has 0 fully saturated rings. The normalized spacial score (nSPS) is 10.6. The first-order valence-corrected chi connectivity index (χ1v) is 6.08. The minimum absolute atomic E-state index is 0.362. The Kier molecular flexibility index (Phi) is 4.47. The van der Waals surface area contributed by atoms with E-state index < -0.39 is 17.4 Å². The Bertz CT molecular complexity index is 520. The van der Waals surface area contributed by atoms with E-state index >= 15 is 0 Å². The van der Waals surface area contributed by atoms with E-state index in [0.717, 1.165) is 18.6 Å². The molecular weight excluding hydrogens is 248 g/mol. The molecule has 0 saturated heterocycles. The smallest absolute Gasteiger partial charge is 0.187 e. The molecule has 0 aliphatic rings. The van der Waals surface area contributed by atoms with Gasteiger partial charge in [-0.05, 0) is 36.2 Å². The number of halogens is 2. The van der Waals surface area contributed by atoms with Crippen molar-refractivity contribution >= 4 is 0 Å². The van der Waals surface area contributed by atoms with Gasteiger partial charge in [0.25, 0.3) is 0 Å². The van der Waals surface area contributed by atoms with Crippen molar-refractivity contribution in [3.05, 3.63) is 65.2 Å². The van der Waals surface area contributed by atoms with Crippen LogP contribution in [0.4, 0.5) is 8.78 Å². The first kappa shape index (κ1) is 13.5. The Balaban J connectivity index is 1.83. The van der Waals surface area contributed by atoms with Crippen molar-refractivity contribution in [2.75, 3.05) is 6.54 Å². The maximum Gasteiger partial charge on any atom is 0.187 e. The second-order valence-corrected chi connectivity index (χ2v) is 4.32. The van der Waals surface area contributed by atoms with Crippen molar-refractivity contribution in [1.82, 2.24) is 5.32 Å². The molecule has 0 radical (unpaired) electrons. The predicted molar refractivity (Wildman–Crippen MR) is 69.9 cm³/mol. The maximum absolute atomic E-state index is 13.1. The van der Waals surface area contributed by atoms with Gasteiger partial charge in [-0.2, -0.15) is 0 Å². The Morgan fingerprint density at radius 1 is 0.947 bits per heavy atom. The fraction of sp³-hybridized carbons (Fsp3) is 0.200. The standard InChI is InChI=1S/C15H15F2NO/c16-13-8-12(9-14(17)15(13)19)10-18-7-6-11-4-2-1-3-5-11/h1-5,8-9,18-19H,6-7,10H2. The molecule has 0 amide bonds. The molecule has 2 aromatic carbocycles. The van der Waals surface area contributed by atoms with Crippen molar-refractivity contribution in [3.63, 3.8) is 0 Å². The summed E-state index contributed by atoms with van der Waals surface area (Å²) in [6, 6.07) is 12.2. The molecule has 2 rings (SSSR count). The lowest BCUT2D eigenvalue weighted by molar-refractivity contribution is 0.395. The fourth-order valence-corrected chi connectivity index (χ4v) is 1.83. The van der Waals surface area contributed by atoms with E-state index in [4.69, 9.17) is 5.11 Å². The van der Waals surface area contributed by atoms with Crippen LogP contribution in [-0.2, 0) is 13.0 Å². The highest BCUT2D eigenvalue weighted by atomic mass is 19.1. The largest absolute Gasteiger partial charge is 0.503 e. The van der Waals surface area contributed by atoms with Crippen LogP contribution in [-0.4, -0.2) is 11.7 Å². The molecule has 0 heterocycles. The van der Waals surface area contributed by atoms with Crippen LogP contribution in [0.15, 0.2) is 42.5 Å². The lowest BCUT2D eigenvalue weighted by Crippen LogP contribution is -2.16. The zero-order chi connectivity index (χ0) is 13.7. The lowest BCUT2D eigenvalue weighted by Gasteiger charge is -2.06. The van der Waals surface area contributed by atoms with Crippen LogP contribution in [0.25, 0.3) is 0 Å². The van der Waals surface area contributed by atoms with Crippen molar-refractivity contribution < 1.29 is 13.9 Å². The zero-order valence-electron chi connectivity index (χ0n) is 10.4. The molecule has 0 bridgehead atoms. The number of phenols is 1. The molecule has 0 aliphatic carbocycles. The highest BCUT2D eigenvalue weighted by Crippen LogP contribution is 2.21. The van der Waals surface area contributed by atoms with Gasteiger partial charge in [0.05, 0.1) is 0 Å². The summed E-state index contributed by atoms with van der Waals surface area (Å²) >= 11 is 0. The Morgan fingerprint density at radius 3 is 2.21 bits per heavy atom. The van der Waals surface area contributed by atoms with E-state index in [1.54, 1.807) is 0 Å². The average Bonchev–Trinajstić information content (AvgIpc) is 2.42. The second kappa shape index (κ2) is 6.29. The van der Waals surface area contributed by atoms with Gasteiger partial charge < -0.3 is 10.4 Å². The van der Waals surface area contributed by atoms with Gasteiger partial charge in [-0.1, -0.05) is 30.3 Å². The summed E-state index contributed by atoms with van der Waals surface area (Å²) in [6.45, 7) is 1.08. The number of rotatable bonds is 5. The molecule has 0 saturated carbocycles. The molecule has 2 N–H and O–H groups in total. The molecule has 0 aliphatic heterocycles. The van der Waals surface area contributed by atoms with Gasteiger partial charge in [0.1, 0.15) is 0 Å². The molecule has 0 atom stereocenters. The Labute approximate surface area is 110 Å². The fourth-order valence-electron chi connectivity index (χ4n) is 1.83. The summed E-state index contributed by atoms with van der Waals surface area (Å²) in [4.78, 5) is 0. The van der Waals surface area contributed by atoms with Crippen LogP contribution in [0.5, 0.6) is 5.75 Å². The van der Waals surface area contributed by atoms with E-state index in [1.165, 1.54) is 5.56 Å². The number of hydrogen-bond donors (Lipinski definition) is 2. The van der Waals surface area contributed by atoms with Gasteiger partial charge in [0.15, 0.2) is 17.4 Å². The van der Waals surface area contributed by atoms with E-state index in [0.29, 0.717) is 18.7 Å². The topological polar surface area (TPSA) is 32.3 Å². The van der Waals surface area contributed by atoms with E-state index in [2.05, 4.69) is 5.32 Å². The summed E-state index contributed by atoms with van der Waals surface area (Å²) in [7, 11) is 0. The SMILES string of the molecule is Oc1c(F)cc(CNCCc2ccccc2)cc1F. The van der Waals surface area contributed by atoms with Crippen LogP contribution in [0.1, 0.15) is 11.1 Å². The predicted octanol–water partition coefficient (Wildman–Crippen LogP) is 3.00. The van der Waals surface area contributed by atoms with Crippen LogP contribution < -0.4 is 5.32 Å². The number of benzene rings is 2. The van der Waals surface area contributed by atoms with E-state index in [9.17, 15) is 8.78 Å². The summed E-state index contributed by atoms with van der Waals surface area (Å²) in [6.07, 6.45) is 0.851. The molecular formula is C15H15F2NO. The third-order valence-electron chi connectivity index (χ3n) is 2.84. The highest BCUT2D eigenvalue weighted by Gasteiger charge is 2.08. The second-order valence-electron chi connectivity index (χ2n) is 4.32. The summed E-state index contributed by atoms with van der Waals surface area (Å²) in [5.74, 6) is -2.78. The van der Waals surface area contributed by atoms with Gasteiger partial charge >= 0.3 is 0 Å². The van der Waals surface area contributed by atoms with Gasteiger partial charge in [-0.15, -0.1) is 0 Å². The van der Waals surface area contributed by atoms with Crippen LogP contribution in [0.3, 0.4) is 0 Å². The first-order valence-electron chi connectivity index (χ1n) is 6.08. The third-order valence-corrected chi connectivity index (χ3v) is 2.84. The number of nitrogens with one attached hydrogen (secondary N) is 1. The Morgan fingerprint density at radius 2 is 1.58 bits per heavy atom. The van der Waals surface area contributed by atoms with Crippen molar-refractivity contribution in [1.29, 1.82) is 0 Å². The monoisotopic (exact) mass is 263 g/mol. The van der Waals surface area contributed by atoms with Gasteiger partial charge in [0.2, 0.25) is 0 Å². The quantitative estimate of drug-likeness (QED) is 0.813. The zero-order valence-corrected chi connectivity index (χ0v) is 10.4. The van der Waals surface area contributed by atoms with Gasteiger partial charge in [0, 0.05) is 6.54 Å². The van der Waals surface area contributed by atoms with Crippen molar-refractivity contribution in [2.24, 2.45) is 0 Å². The van der Waals surface area contributed by atoms with Crippen LogP contribution >= 0.6 is 0 Å². The first-order chi connectivity index (χ1) is 9.16. The number of hydrogen-bond acceptors (Lipinski definition) is 2. The van der Waals surface area contributed by atoms with E-state index in [1.807, 2.05) is 30.3 Å². The van der Waals surface area contributed by atoms with Crippen LogP contribution in [0.2, 0.25) is 0 Å². The molecule has 0 unspecified atom stereocenters. The highest BCUT2D eigenvalue weighted by molar-refractivity contribution is 5.30. The van der Waals surface area contributed by atoms with Crippen molar-refractivity contribution in [3.8, 4) is 5.75 Å². The number of aromatic hydroxyl groups is 1. The minimum Gasteiger partial charge on any atom is -0.503 e. The number of phenolic OH excluding ortho intramolecular Hbond substituents is 1. The summed E-state index contributed by atoms with van der Waals surface area (Å²) in [5, 5.41) is 12.1. The van der Waals surface area contributed by atoms with E-state index in [-0.39, 0.29) is 0 Å². The molecule has 100 valence electrons. The third kappa shape index (κ3) is 3.76. The summed E-state index contributed by atoms with van der Waals surface area (Å²) in [5.41, 5.74) is 1.68. The summed E-state index contributed by atoms with van der Waals surface area (Å²) < 4.78 is 26.2. The minimum atomic E-state index is -0.931. The molecule has 2 aromatic rings. The molecule has 0 aromatic heterocycles. The molecule has 4 heteroatoms.